The van der Waals surface area contributed by atoms with Crippen molar-refractivity contribution >= 4 is 19.5 Å². The number of hydrogen-bond donors (Lipinski definition) is 3. The van der Waals surface area contributed by atoms with Crippen LogP contribution in [0.3, 0.4) is 0 Å². The van der Waals surface area contributed by atoms with Crippen molar-refractivity contribution in [1.82, 2.24) is 14.6 Å². The molecule has 4 N–H and O–H groups in total. The number of aliphatic hydroxyl groups is 1. The summed E-state index contributed by atoms with van der Waals surface area (Å²) in [5.74, 6) is -0.00122. The van der Waals surface area contributed by atoms with E-state index in [1.807, 2.05) is 12.1 Å². The molecule has 1 aromatic heterocycles. The van der Waals surface area contributed by atoms with E-state index < -0.39 is 55.9 Å². The van der Waals surface area contributed by atoms with Crippen molar-refractivity contribution < 1.29 is 33.0 Å². The molecule has 1 fully saturated rings. The number of nitrogen functional groups attached to an aromatic ring is 1. The highest BCUT2D eigenvalue weighted by molar-refractivity contribution is 7.51. The molecular weight excluding hydrogens is 565 g/mol. The van der Waals surface area contributed by atoms with E-state index in [9.17, 15) is 24.5 Å². The summed E-state index contributed by atoms with van der Waals surface area (Å²) in [5, 5.41) is 23.6. The molecule has 42 heavy (non-hydrogen) atoms. The third-order valence-corrected chi connectivity index (χ3v) is 8.98. The predicted octanol–water partition coefficient (Wildman–Crippen LogP) is 3.73. The van der Waals surface area contributed by atoms with Gasteiger partial charge in [-0.05, 0) is 51.2 Å². The number of carbonyl (C=O) groups is 1. The summed E-state index contributed by atoms with van der Waals surface area (Å²) in [7, 11) is -4.23. The number of esters is 1. The maximum Gasteiger partial charge on any atom is 0.459 e. The molecule has 1 aromatic rings. The SMILES string of the molecule is CCCC(CCC)COC(=O)[C@H](C)NP(=O)(OC[C@H]1O[C@@H](n2ccc(N)nc2=O)[C@](C)(C#N)[C@@H]1O)OC1=CC=CCC1. The molecule has 14 heteroatoms. The highest BCUT2D eigenvalue weighted by atomic mass is 31.2. The molecule has 13 nitrogen and oxygen atoms in total. The molecule has 0 saturated carbocycles. The number of nitrogens with two attached hydrogens (primary N) is 1. The lowest BCUT2D eigenvalue weighted by Crippen LogP contribution is -2.40. The van der Waals surface area contributed by atoms with Gasteiger partial charge in [-0.1, -0.05) is 38.8 Å². The Bertz CT molecular complexity index is 1290. The Kier molecular flexibility index (Phi) is 11.9. The van der Waals surface area contributed by atoms with Crippen LogP contribution >= 0.6 is 7.75 Å². The van der Waals surface area contributed by atoms with Crippen LogP contribution in [0.5, 0.6) is 0 Å². The summed E-state index contributed by atoms with van der Waals surface area (Å²) in [6.45, 7) is 6.84. The van der Waals surface area contributed by atoms with Crippen molar-refractivity contribution in [2.75, 3.05) is 18.9 Å². The number of allylic oxidation sites excluding steroid dienone is 4. The predicted molar refractivity (Wildman–Crippen MR) is 155 cm³/mol. The monoisotopic (exact) mass is 607 g/mol. The lowest BCUT2D eigenvalue weighted by atomic mass is 9.84. The number of aliphatic hydroxyl groups excluding tert-OH is 1. The van der Waals surface area contributed by atoms with Gasteiger partial charge in [-0.15, -0.1) is 0 Å². The maximum absolute atomic E-state index is 14.0. The molecular formula is C28H42N5O8P. The first-order valence-electron chi connectivity index (χ1n) is 14.3. The Balaban J connectivity index is 1.76. The molecule has 2 heterocycles. The van der Waals surface area contributed by atoms with Crippen molar-refractivity contribution in [3.05, 3.63) is 46.7 Å². The molecule has 1 unspecified atom stereocenters. The molecule has 0 amide bonds. The van der Waals surface area contributed by atoms with Gasteiger partial charge in [0.25, 0.3) is 0 Å². The minimum atomic E-state index is -4.23. The van der Waals surface area contributed by atoms with Gasteiger partial charge in [0.1, 0.15) is 35.2 Å². The molecule has 1 aliphatic heterocycles. The number of anilines is 1. The second-order valence-electron chi connectivity index (χ2n) is 10.8. The Hall–Kier alpha value is -3.01. The second-order valence-corrected chi connectivity index (χ2v) is 12.5. The van der Waals surface area contributed by atoms with E-state index in [-0.39, 0.29) is 18.3 Å². The van der Waals surface area contributed by atoms with E-state index in [1.54, 1.807) is 12.2 Å². The number of nitrogens with zero attached hydrogens (tertiary/aromatic N) is 3. The second kappa shape index (κ2) is 14.9. The van der Waals surface area contributed by atoms with Gasteiger partial charge in [0.2, 0.25) is 0 Å². The zero-order chi connectivity index (χ0) is 30.9. The third-order valence-electron chi connectivity index (χ3n) is 7.31. The van der Waals surface area contributed by atoms with Crippen molar-refractivity contribution in [2.45, 2.75) is 90.7 Å². The summed E-state index contributed by atoms with van der Waals surface area (Å²) in [6, 6.07) is 2.33. The summed E-state index contributed by atoms with van der Waals surface area (Å²) in [5.41, 5.74) is 3.23. The van der Waals surface area contributed by atoms with Gasteiger partial charge in [0.15, 0.2) is 6.23 Å². The van der Waals surface area contributed by atoms with Gasteiger partial charge in [-0.3, -0.25) is 13.9 Å². The lowest BCUT2D eigenvalue weighted by molar-refractivity contribution is -0.146. The first kappa shape index (κ1) is 33.5. The Morgan fingerprint density at radius 3 is 2.71 bits per heavy atom. The Labute approximate surface area is 246 Å². The van der Waals surface area contributed by atoms with Crippen LogP contribution in [0.1, 0.15) is 72.4 Å². The molecule has 0 bridgehead atoms. The number of nitrogens with one attached hydrogen (secondary N) is 1. The van der Waals surface area contributed by atoms with Crippen molar-refractivity contribution in [3.8, 4) is 6.07 Å². The fourth-order valence-electron chi connectivity index (χ4n) is 4.94. The zero-order valence-corrected chi connectivity index (χ0v) is 25.5. The number of rotatable bonds is 15. The minimum Gasteiger partial charge on any atom is -0.464 e. The molecule has 0 spiro atoms. The molecule has 1 aliphatic carbocycles. The van der Waals surface area contributed by atoms with Gasteiger partial charge >= 0.3 is 19.4 Å². The molecule has 0 radical (unpaired) electrons. The van der Waals surface area contributed by atoms with Crippen LogP contribution in [0.25, 0.3) is 0 Å². The molecule has 0 aromatic carbocycles. The summed E-state index contributed by atoms with van der Waals surface area (Å²) >= 11 is 0. The van der Waals surface area contributed by atoms with Crippen LogP contribution in [-0.4, -0.2) is 52.1 Å². The molecule has 1 saturated heterocycles. The van der Waals surface area contributed by atoms with Gasteiger partial charge < -0.3 is 24.8 Å². The fourth-order valence-corrected chi connectivity index (χ4v) is 6.50. The van der Waals surface area contributed by atoms with Gasteiger partial charge in [-0.25, -0.2) is 9.36 Å². The van der Waals surface area contributed by atoms with E-state index >= 15 is 0 Å². The molecule has 6 atom stereocenters. The fraction of sp³-hybridized carbons (Fsp3) is 0.643. The first-order valence-corrected chi connectivity index (χ1v) is 15.8. The molecule has 232 valence electrons. The highest BCUT2D eigenvalue weighted by Crippen LogP contribution is 2.50. The average Bonchev–Trinajstić information content (AvgIpc) is 3.21. The standard InChI is InChI=1S/C28H42N5O8P/c1-5-10-20(11-6-2)16-38-25(35)19(3)32-42(37,41-21-12-8-7-9-13-21)39-17-22-24(34)28(4,18-29)26(40-22)33-15-14-23(30)31-27(33)36/h7-8,12,14-15,19-20,22,24,26,34H,5-6,9-11,13,16-17H2,1-4H3,(H,32,37)(H2,30,31,36)/t19-,22+,24+,26+,28+,42?/m0/s1. The number of ether oxygens (including phenoxy) is 2. The van der Waals surface area contributed by atoms with Gasteiger partial charge in [0, 0.05) is 12.6 Å². The quantitative estimate of drug-likeness (QED) is 0.194. The Morgan fingerprint density at radius 2 is 2.12 bits per heavy atom. The van der Waals surface area contributed by atoms with Crippen LogP contribution in [-0.2, 0) is 27.9 Å². The largest absolute Gasteiger partial charge is 0.464 e. The smallest absolute Gasteiger partial charge is 0.459 e. The van der Waals surface area contributed by atoms with Crippen LogP contribution in [0.15, 0.2) is 41.0 Å². The van der Waals surface area contributed by atoms with Crippen LogP contribution in [0.4, 0.5) is 5.82 Å². The summed E-state index contributed by atoms with van der Waals surface area (Å²) in [4.78, 5) is 29.0. The van der Waals surface area contributed by atoms with Crippen LogP contribution in [0.2, 0.25) is 0 Å². The normalized spacial score (nSPS) is 25.8. The van der Waals surface area contributed by atoms with E-state index in [0.29, 0.717) is 18.6 Å². The zero-order valence-electron chi connectivity index (χ0n) is 24.6. The minimum absolute atomic E-state index is 0.0109. The van der Waals surface area contributed by atoms with E-state index in [0.717, 1.165) is 30.3 Å². The van der Waals surface area contributed by atoms with Crippen molar-refractivity contribution in [1.29, 1.82) is 5.26 Å². The lowest BCUT2D eigenvalue weighted by Gasteiger charge is -2.27. The van der Waals surface area contributed by atoms with Crippen LogP contribution in [0, 0.1) is 22.7 Å². The number of hydrogen-bond acceptors (Lipinski definition) is 11. The number of aromatic nitrogens is 2. The average molecular weight is 608 g/mol. The number of nitriles is 1. The van der Waals surface area contributed by atoms with E-state index in [4.69, 9.17) is 24.3 Å². The third kappa shape index (κ3) is 8.30. The van der Waals surface area contributed by atoms with Gasteiger partial charge in [0.05, 0.1) is 19.3 Å². The van der Waals surface area contributed by atoms with Crippen LogP contribution < -0.4 is 16.5 Å². The number of carbonyl (C=O) groups excluding carboxylic acids is 1. The maximum atomic E-state index is 14.0. The van der Waals surface area contributed by atoms with E-state index in [1.165, 1.54) is 26.1 Å². The summed E-state index contributed by atoms with van der Waals surface area (Å²) < 4.78 is 37.9. The Morgan fingerprint density at radius 1 is 1.40 bits per heavy atom. The summed E-state index contributed by atoms with van der Waals surface area (Å²) in [6.07, 6.45) is 7.71. The van der Waals surface area contributed by atoms with Gasteiger partial charge in [-0.2, -0.15) is 15.3 Å². The van der Waals surface area contributed by atoms with Crippen molar-refractivity contribution in [2.24, 2.45) is 11.3 Å². The molecule has 3 rings (SSSR count). The molecule has 2 aliphatic rings. The highest BCUT2D eigenvalue weighted by Gasteiger charge is 2.55. The van der Waals surface area contributed by atoms with E-state index in [2.05, 4.69) is 23.9 Å². The topological polar surface area (TPSA) is 188 Å². The first-order chi connectivity index (χ1) is 20.0. The van der Waals surface area contributed by atoms with Crippen molar-refractivity contribution in [3.63, 3.8) is 0 Å².